The molecule has 45 heavy (non-hydrogen) atoms. The van der Waals surface area contributed by atoms with Crippen LogP contribution in [0.3, 0.4) is 0 Å². The number of nitrogens with zero attached hydrogens (tertiary/aromatic N) is 6. The Hall–Kier alpha value is -4.70. The lowest BCUT2D eigenvalue weighted by Gasteiger charge is -2.36. The number of nitrogens with two attached hydrogens (primary N) is 1. The molecule has 10 heteroatoms. The molecular weight excluding hydrogens is 564 g/mol. The van der Waals surface area contributed by atoms with Gasteiger partial charge < -0.3 is 25.4 Å². The fraction of sp³-hybridized carbons (Fsp3) is 0.371. The van der Waals surface area contributed by atoms with Crippen molar-refractivity contribution in [2.24, 2.45) is 11.7 Å². The number of para-hydroxylation sites is 3. The minimum Gasteiger partial charge on any atom is -0.361 e. The zero-order valence-electron chi connectivity index (χ0n) is 26.1. The van der Waals surface area contributed by atoms with E-state index in [1.807, 2.05) is 58.2 Å². The normalized spacial score (nSPS) is 16.9. The molecule has 4 heterocycles. The van der Waals surface area contributed by atoms with Crippen molar-refractivity contribution in [2.45, 2.75) is 38.1 Å². The van der Waals surface area contributed by atoms with Crippen molar-refractivity contribution in [2.75, 3.05) is 45.2 Å². The van der Waals surface area contributed by atoms with E-state index in [2.05, 4.69) is 64.6 Å². The van der Waals surface area contributed by atoms with E-state index in [1.54, 1.807) is 4.90 Å². The van der Waals surface area contributed by atoms with Gasteiger partial charge in [0.25, 0.3) is 0 Å². The van der Waals surface area contributed by atoms with Crippen LogP contribution in [0.1, 0.15) is 36.4 Å². The Bertz CT molecular complexity index is 1770. The number of fused-ring (bicyclic) bond motifs is 3. The number of aryl methyl sites for hydroxylation is 1. The van der Waals surface area contributed by atoms with Gasteiger partial charge in [0.15, 0.2) is 0 Å². The highest BCUT2D eigenvalue weighted by Gasteiger charge is 2.28. The highest BCUT2D eigenvalue weighted by atomic mass is 16.2. The van der Waals surface area contributed by atoms with Gasteiger partial charge in [-0.1, -0.05) is 53.7 Å². The number of likely N-dealkylation sites (tertiary alicyclic amines) is 1. The summed E-state index contributed by atoms with van der Waals surface area (Å²) in [7, 11) is 4.20. The second kappa shape index (κ2) is 13.5. The number of aromatic nitrogens is 4. The molecule has 10 nitrogen and oxygen atoms in total. The first-order valence-corrected chi connectivity index (χ1v) is 15.8. The van der Waals surface area contributed by atoms with E-state index < -0.39 is 0 Å². The number of hydrogen-bond acceptors (Lipinski definition) is 5. The Balaban J connectivity index is 0.000000172. The maximum atomic E-state index is 13.1. The van der Waals surface area contributed by atoms with Gasteiger partial charge in [-0.05, 0) is 81.1 Å². The summed E-state index contributed by atoms with van der Waals surface area (Å²) in [6.07, 6.45) is 6.12. The molecule has 0 radical (unpaired) electrons. The lowest BCUT2D eigenvalue weighted by atomic mass is 9.91. The smallest absolute Gasteiger partial charge is 0.314 e. The van der Waals surface area contributed by atoms with Gasteiger partial charge >= 0.3 is 6.03 Å². The van der Waals surface area contributed by atoms with Crippen molar-refractivity contribution in [3.05, 3.63) is 90.1 Å². The molecule has 3 N–H and O–H groups in total. The molecule has 0 aliphatic carbocycles. The van der Waals surface area contributed by atoms with Crippen LogP contribution in [-0.4, -0.2) is 82.0 Å². The van der Waals surface area contributed by atoms with Crippen LogP contribution in [0.5, 0.6) is 0 Å². The first-order chi connectivity index (χ1) is 21.9. The van der Waals surface area contributed by atoms with Crippen molar-refractivity contribution < 1.29 is 9.59 Å². The van der Waals surface area contributed by atoms with Gasteiger partial charge in [0.2, 0.25) is 5.91 Å². The number of benzene rings is 3. The fourth-order valence-electron chi connectivity index (χ4n) is 6.76. The van der Waals surface area contributed by atoms with Gasteiger partial charge in [-0.2, -0.15) is 0 Å². The van der Waals surface area contributed by atoms with E-state index in [0.29, 0.717) is 31.5 Å². The van der Waals surface area contributed by atoms with Gasteiger partial charge in [-0.15, -0.1) is 5.10 Å². The number of anilines is 1. The number of rotatable bonds is 6. The number of urea groups is 1. The molecule has 3 aromatic carbocycles. The van der Waals surface area contributed by atoms with Crippen LogP contribution in [0.25, 0.3) is 21.9 Å². The number of H-pyrrole nitrogens is 1. The first kappa shape index (κ1) is 30.3. The molecular formula is C35H42N8O2. The Morgan fingerprint density at radius 2 is 1.71 bits per heavy atom. The Morgan fingerprint density at radius 1 is 0.978 bits per heavy atom. The van der Waals surface area contributed by atoms with Gasteiger partial charge in [0, 0.05) is 55.4 Å². The number of primary amides is 1. The molecule has 2 aromatic heterocycles. The maximum absolute atomic E-state index is 13.1. The Kier molecular flexibility index (Phi) is 9.11. The van der Waals surface area contributed by atoms with Crippen LogP contribution in [0.4, 0.5) is 10.5 Å². The number of amides is 3. The minimum atomic E-state index is -0.336. The van der Waals surface area contributed by atoms with Crippen molar-refractivity contribution >= 4 is 39.6 Å². The SMILES string of the molecule is CN(C)CC1Cc2ccccc2N(C(=O)CCc2c[nH]c3ccccc23)C1.NC(=O)N1CCC(n2nnc3ccccc32)CC1. The number of aromatic amines is 1. The summed E-state index contributed by atoms with van der Waals surface area (Å²) in [5, 5.41) is 9.59. The van der Waals surface area contributed by atoms with Gasteiger partial charge in [0.05, 0.1) is 11.6 Å². The topological polar surface area (TPSA) is 116 Å². The first-order valence-electron chi connectivity index (χ1n) is 15.8. The van der Waals surface area contributed by atoms with E-state index in [0.717, 1.165) is 61.0 Å². The number of nitrogens with one attached hydrogen (secondary N) is 1. The molecule has 0 bridgehead atoms. The maximum Gasteiger partial charge on any atom is 0.314 e. The average Bonchev–Trinajstić information content (AvgIpc) is 3.68. The van der Waals surface area contributed by atoms with Crippen LogP contribution in [0, 0.1) is 5.92 Å². The lowest BCUT2D eigenvalue weighted by Crippen LogP contribution is -2.43. The zero-order valence-corrected chi connectivity index (χ0v) is 26.1. The molecule has 1 atom stereocenters. The second-order valence-corrected chi connectivity index (χ2v) is 12.4. The predicted molar refractivity (Wildman–Crippen MR) is 178 cm³/mol. The summed E-state index contributed by atoms with van der Waals surface area (Å²) < 4.78 is 1.97. The van der Waals surface area contributed by atoms with Crippen LogP contribution in [-0.2, 0) is 17.6 Å². The van der Waals surface area contributed by atoms with E-state index >= 15 is 0 Å². The molecule has 2 aliphatic heterocycles. The van der Waals surface area contributed by atoms with Crippen molar-refractivity contribution in [3.8, 4) is 0 Å². The minimum absolute atomic E-state index is 0.219. The summed E-state index contributed by atoms with van der Waals surface area (Å²) in [5.41, 5.74) is 12.0. The van der Waals surface area contributed by atoms with Crippen LogP contribution >= 0.6 is 0 Å². The summed E-state index contributed by atoms with van der Waals surface area (Å²) in [6.45, 7) is 3.19. The molecule has 5 aromatic rings. The highest BCUT2D eigenvalue weighted by molar-refractivity contribution is 5.95. The van der Waals surface area contributed by atoms with Gasteiger partial charge in [-0.3, -0.25) is 4.79 Å². The summed E-state index contributed by atoms with van der Waals surface area (Å²) >= 11 is 0. The summed E-state index contributed by atoms with van der Waals surface area (Å²) in [4.78, 5) is 33.4. The van der Waals surface area contributed by atoms with Crippen LogP contribution in [0.2, 0.25) is 0 Å². The standard InChI is InChI=1S/C23H27N3O.C12H15N5O/c1-25(2)15-17-13-18-7-3-6-10-22(18)26(16-17)23(27)12-11-19-14-24-21-9-5-4-8-20(19)21;13-12(18)16-7-5-9(6-8-16)17-11-4-2-1-3-10(11)14-15-17/h3-10,14,17,24H,11-13,15-16H2,1-2H3;1-4,9H,5-8H2,(H2,13,18). The Labute approximate surface area is 263 Å². The molecule has 7 rings (SSSR count). The predicted octanol–water partition coefficient (Wildman–Crippen LogP) is 5.01. The summed E-state index contributed by atoms with van der Waals surface area (Å²) in [6, 6.07) is 24.5. The average molecular weight is 607 g/mol. The van der Waals surface area contributed by atoms with Crippen molar-refractivity contribution in [1.82, 2.24) is 29.8 Å². The molecule has 0 saturated carbocycles. The van der Waals surface area contributed by atoms with Crippen molar-refractivity contribution in [1.29, 1.82) is 0 Å². The third kappa shape index (κ3) is 6.86. The third-order valence-electron chi connectivity index (χ3n) is 8.94. The number of piperidine rings is 1. The van der Waals surface area contributed by atoms with Crippen LogP contribution in [0.15, 0.2) is 79.0 Å². The fourth-order valence-corrected chi connectivity index (χ4v) is 6.76. The van der Waals surface area contributed by atoms with Crippen LogP contribution < -0.4 is 10.6 Å². The van der Waals surface area contributed by atoms with E-state index in [-0.39, 0.29) is 11.9 Å². The molecule has 234 valence electrons. The summed E-state index contributed by atoms with van der Waals surface area (Å²) in [5.74, 6) is 0.697. The number of carbonyl (C=O) groups excluding carboxylic acids is 2. The monoisotopic (exact) mass is 606 g/mol. The molecule has 3 amide bonds. The molecule has 1 fully saturated rings. The largest absolute Gasteiger partial charge is 0.361 e. The third-order valence-corrected chi connectivity index (χ3v) is 8.94. The lowest BCUT2D eigenvalue weighted by molar-refractivity contribution is -0.118. The van der Waals surface area contributed by atoms with Gasteiger partial charge in [-0.25, -0.2) is 9.48 Å². The molecule has 1 saturated heterocycles. The Morgan fingerprint density at radius 3 is 2.51 bits per heavy atom. The molecule has 0 spiro atoms. The highest BCUT2D eigenvalue weighted by Crippen LogP contribution is 2.31. The van der Waals surface area contributed by atoms with E-state index in [9.17, 15) is 9.59 Å². The second-order valence-electron chi connectivity index (χ2n) is 12.4. The van der Waals surface area contributed by atoms with Gasteiger partial charge in [0.1, 0.15) is 5.52 Å². The van der Waals surface area contributed by atoms with Crippen molar-refractivity contribution in [3.63, 3.8) is 0 Å². The quantitative estimate of drug-likeness (QED) is 0.282. The number of hydrogen-bond donors (Lipinski definition) is 2. The molecule has 1 unspecified atom stereocenters. The number of carbonyl (C=O) groups is 2. The molecule has 2 aliphatic rings. The van der Waals surface area contributed by atoms with E-state index in [4.69, 9.17) is 5.73 Å². The van der Waals surface area contributed by atoms with E-state index in [1.165, 1.54) is 16.5 Å². The zero-order chi connectivity index (χ0) is 31.3.